The van der Waals surface area contributed by atoms with Gasteiger partial charge in [-0.3, -0.25) is 4.99 Å². The molecule has 2 heterocycles. The van der Waals surface area contributed by atoms with Crippen LogP contribution in [0.5, 0.6) is 0 Å². The summed E-state index contributed by atoms with van der Waals surface area (Å²) in [7, 11) is -2.96. The number of anilines is 1. The quantitative estimate of drug-likeness (QED) is 0.606. The number of aliphatic imine (C=N–C) groups is 1. The van der Waals surface area contributed by atoms with E-state index in [4.69, 9.17) is 5.73 Å². The number of hydrogen-bond acceptors (Lipinski definition) is 6. The molecule has 2 N–H and O–H groups in total. The summed E-state index contributed by atoms with van der Waals surface area (Å²) in [6, 6.07) is 0. The Labute approximate surface area is 141 Å². The van der Waals surface area contributed by atoms with Crippen molar-refractivity contribution in [2.45, 2.75) is 12.8 Å². The van der Waals surface area contributed by atoms with Crippen LogP contribution in [0.1, 0.15) is 12.8 Å². The van der Waals surface area contributed by atoms with E-state index in [0.29, 0.717) is 12.5 Å². The fourth-order valence-electron chi connectivity index (χ4n) is 2.93. The molecule has 9 heteroatoms. The van der Waals surface area contributed by atoms with Crippen LogP contribution < -0.4 is 10.6 Å². The second-order valence-corrected chi connectivity index (χ2v) is 9.55. The van der Waals surface area contributed by atoms with E-state index >= 15 is 0 Å². The minimum absolute atomic E-state index is 0.166. The van der Waals surface area contributed by atoms with Crippen LogP contribution in [0.25, 0.3) is 0 Å². The molecule has 0 unspecified atom stereocenters. The first-order chi connectivity index (χ1) is 10.9. The predicted octanol–water partition coefficient (Wildman–Crippen LogP) is 0.405. The van der Waals surface area contributed by atoms with Gasteiger partial charge in [-0.1, -0.05) is 0 Å². The highest BCUT2D eigenvalue weighted by atomic mass is 32.2. The van der Waals surface area contributed by atoms with Gasteiger partial charge in [-0.05, 0) is 12.8 Å². The van der Waals surface area contributed by atoms with Crippen molar-refractivity contribution >= 4 is 32.3 Å². The van der Waals surface area contributed by atoms with Gasteiger partial charge in [-0.15, -0.1) is 11.3 Å². The monoisotopic (exact) mass is 357 g/mol. The highest BCUT2D eigenvalue weighted by Gasteiger charge is 2.45. The van der Waals surface area contributed by atoms with Crippen molar-refractivity contribution in [1.29, 1.82) is 0 Å². The minimum atomic E-state index is -2.96. The topological polar surface area (TPSA) is 91.9 Å². The normalized spacial score (nSPS) is 21.5. The highest BCUT2D eigenvalue weighted by Crippen LogP contribution is 2.46. The lowest BCUT2D eigenvalue weighted by Crippen LogP contribution is -2.51. The molecule has 128 valence electrons. The lowest BCUT2D eigenvalue weighted by Gasteiger charge is -2.35. The molecule has 3 rings (SSSR count). The van der Waals surface area contributed by atoms with Gasteiger partial charge in [-0.2, -0.15) is 0 Å². The third-order valence-corrected chi connectivity index (χ3v) is 6.36. The summed E-state index contributed by atoms with van der Waals surface area (Å²) in [6.45, 7) is 3.89. The number of thiazole rings is 1. The van der Waals surface area contributed by atoms with Crippen LogP contribution in [0.15, 0.2) is 16.6 Å². The smallest absolute Gasteiger partial charge is 0.191 e. The Morgan fingerprint density at radius 1 is 1.39 bits per heavy atom. The molecule has 2 fully saturated rings. The Morgan fingerprint density at radius 3 is 2.61 bits per heavy atom. The summed E-state index contributed by atoms with van der Waals surface area (Å²) in [5, 5.41) is 3.03. The third-order valence-electron chi connectivity index (χ3n) is 4.40. The van der Waals surface area contributed by atoms with E-state index in [0.717, 1.165) is 44.2 Å². The standard InChI is InChI=1S/C14H23N5O2S2/c1-23(20,21)11-14(2-3-14)10-17-12(15)18-5-7-19(8-6-18)13-16-4-9-22-13/h4,9H,2-3,5-8,10-11H2,1H3,(H2,15,17). The van der Waals surface area contributed by atoms with E-state index < -0.39 is 9.84 Å². The lowest BCUT2D eigenvalue weighted by atomic mass is 10.1. The van der Waals surface area contributed by atoms with Gasteiger partial charge >= 0.3 is 0 Å². The van der Waals surface area contributed by atoms with Crippen molar-refractivity contribution < 1.29 is 8.42 Å². The summed E-state index contributed by atoms with van der Waals surface area (Å²) in [5.41, 5.74) is 5.94. The van der Waals surface area contributed by atoms with Gasteiger partial charge in [0.25, 0.3) is 0 Å². The lowest BCUT2D eigenvalue weighted by molar-refractivity contribution is 0.379. The van der Waals surface area contributed by atoms with Crippen LogP contribution in [0.4, 0.5) is 5.13 Å². The number of hydrogen-bond donors (Lipinski definition) is 1. The Hall–Kier alpha value is -1.35. The molecule has 0 amide bonds. The van der Waals surface area contributed by atoms with Gasteiger partial charge < -0.3 is 15.5 Å². The summed E-state index contributed by atoms with van der Waals surface area (Å²) in [4.78, 5) is 13.1. The third kappa shape index (κ3) is 4.35. The van der Waals surface area contributed by atoms with Gasteiger partial charge in [-0.25, -0.2) is 13.4 Å². The molecule has 1 saturated carbocycles. The Kier molecular flexibility index (Phi) is 4.50. The molecule has 1 aliphatic carbocycles. The molecule has 1 aromatic rings. The number of sulfone groups is 1. The zero-order chi connectivity index (χ0) is 16.5. The largest absolute Gasteiger partial charge is 0.370 e. The molecular weight excluding hydrogens is 334 g/mol. The van der Waals surface area contributed by atoms with E-state index in [1.807, 2.05) is 11.6 Å². The van der Waals surface area contributed by atoms with Gasteiger partial charge in [0.1, 0.15) is 9.84 Å². The van der Waals surface area contributed by atoms with Crippen molar-refractivity contribution in [1.82, 2.24) is 9.88 Å². The summed E-state index contributed by atoms with van der Waals surface area (Å²) in [5.74, 6) is 0.748. The number of aromatic nitrogens is 1. The van der Waals surface area contributed by atoms with E-state index in [2.05, 4.69) is 19.8 Å². The summed E-state index contributed by atoms with van der Waals surface area (Å²) >= 11 is 1.64. The second-order valence-electron chi connectivity index (χ2n) is 6.53. The van der Waals surface area contributed by atoms with E-state index in [-0.39, 0.29) is 11.2 Å². The first-order valence-electron chi connectivity index (χ1n) is 7.74. The SMILES string of the molecule is CS(=O)(=O)CC1(CN=C(N)N2CCN(c3nccs3)CC2)CC1. The Bertz CT molecular complexity index is 659. The number of piperazine rings is 1. The molecule has 2 aliphatic rings. The van der Waals surface area contributed by atoms with Crippen LogP contribution in [-0.2, 0) is 9.84 Å². The maximum absolute atomic E-state index is 11.5. The highest BCUT2D eigenvalue weighted by molar-refractivity contribution is 7.90. The van der Waals surface area contributed by atoms with Crippen LogP contribution in [0.2, 0.25) is 0 Å². The second kappa shape index (κ2) is 6.27. The maximum atomic E-state index is 11.5. The fraction of sp³-hybridized carbons (Fsp3) is 0.714. The molecule has 0 aromatic carbocycles. The summed E-state index contributed by atoms with van der Waals surface area (Å²) < 4.78 is 23.0. The van der Waals surface area contributed by atoms with E-state index in [1.165, 1.54) is 6.26 Å². The van der Waals surface area contributed by atoms with Crippen molar-refractivity contribution in [2.75, 3.05) is 49.6 Å². The van der Waals surface area contributed by atoms with Crippen LogP contribution in [0.3, 0.4) is 0 Å². The fourth-order valence-corrected chi connectivity index (χ4v) is 5.12. The van der Waals surface area contributed by atoms with Gasteiger partial charge in [0, 0.05) is 56.0 Å². The molecular formula is C14H23N5O2S2. The molecule has 1 aromatic heterocycles. The zero-order valence-corrected chi connectivity index (χ0v) is 14.9. The Balaban J connectivity index is 1.52. The van der Waals surface area contributed by atoms with Crippen LogP contribution in [0, 0.1) is 5.41 Å². The van der Waals surface area contributed by atoms with E-state index in [9.17, 15) is 8.42 Å². The number of nitrogens with two attached hydrogens (primary N) is 1. The predicted molar refractivity (Wildman–Crippen MR) is 93.8 cm³/mol. The average molecular weight is 358 g/mol. The van der Waals surface area contributed by atoms with Crippen molar-refractivity contribution in [3.8, 4) is 0 Å². The zero-order valence-electron chi connectivity index (χ0n) is 13.3. The molecule has 0 radical (unpaired) electrons. The van der Waals surface area contributed by atoms with E-state index in [1.54, 1.807) is 11.3 Å². The summed E-state index contributed by atoms with van der Waals surface area (Å²) in [6.07, 6.45) is 4.96. The average Bonchev–Trinajstić information content (AvgIpc) is 3.02. The van der Waals surface area contributed by atoms with Gasteiger partial charge in [0.2, 0.25) is 0 Å². The molecule has 0 atom stereocenters. The first-order valence-corrected chi connectivity index (χ1v) is 10.7. The van der Waals surface area contributed by atoms with Crippen molar-refractivity contribution in [3.63, 3.8) is 0 Å². The molecule has 7 nitrogen and oxygen atoms in total. The first kappa shape index (κ1) is 16.5. The number of rotatable bonds is 5. The van der Waals surface area contributed by atoms with Crippen molar-refractivity contribution in [3.05, 3.63) is 11.6 Å². The van der Waals surface area contributed by atoms with Gasteiger partial charge in [0.05, 0.1) is 5.75 Å². The number of nitrogens with zero attached hydrogens (tertiary/aromatic N) is 4. The van der Waals surface area contributed by atoms with Crippen LogP contribution >= 0.6 is 11.3 Å². The maximum Gasteiger partial charge on any atom is 0.191 e. The number of guanidine groups is 1. The minimum Gasteiger partial charge on any atom is -0.370 e. The van der Waals surface area contributed by atoms with Crippen LogP contribution in [-0.4, -0.2) is 69.0 Å². The molecule has 1 saturated heterocycles. The van der Waals surface area contributed by atoms with Crippen molar-refractivity contribution in [2.24, 2.45) is 16.1 Å². The molecule has 1 aliphatic heterocycles. The molecule has 23 heavy (non-hydrogen) atoms. The Morgan fingerprint density at radius 2 is 2.09 bits per heavy atom. The molecule has 0 bridgehead atoms. The van der Waals surface area contributed by atoms with Gasteiger partial charge in [0.15, 0.2) is 11.1 Å². The molecule has 0 spiro atoms.